The largest absolute Gasteiger partial charge is 0.507 e. The summed E-state index contributed by atoms with van der Waals surface area (Å²) in [6.45, 7) is 9.11. The highest BCUT2D eigenvalue weighted by Gasteiger charge is 2.19. The zero-order valence-corrected chi connectivity index (χ0v) is 12.8. The molecule has 0 radical (unpaired) electrons. The Labute approximate surface area is 123 Å². The lowest BCUT2D eigenvalue weighted by molar-refractivity contribution is 0.0932. The first-order valence-corrected chi connectivity index (χ1v) is 6.96. The Hall–Kier alpha value is -1.69. The molecule has 4 nitrogen and oxygen atoms in total. The first-order valence-electron chi connectivity index (χ1n) is 6.96. The molecule has 0 saturated carbocycles. The van der Waals surface area contributed by atoms with Gasteiger partial charge in [-0.2, -0.15) is 0 Å². The number of hydrogen-bond donors (Lipinski definition) is 2. The first-order chi connectivity index (χ1) is 9.73. The van der Waals surface area contributed by atoms with Gasteiger partial charge in [0.25, 0.3) is 5.91 Å². The third kappa shape index (κ3) is 4.67. The number of halogens is 2. The van der Waals surface area contributed by atoms with Crippen LogP contribution >= 0.6 is 0 Å². The van der Waals surface area contributed by atoms with Crippen LogP contribution in [0.25, 0.3) is 0 Å². The second kappa shape index (κ2) is 7.36. The van der Waals surface area contributed by atoms with Crippen LogP contribution in [-0.4, -0.2) is 41.1 Å². The van der Waals surface area contributed by atoms with Gasteiger partial charge < -0.3 is 10.4 Å². The highest BCUT2D eigenvalue weighted by molar-refractivity contribution is 5.97. The summed E-state index contributed by atoms with van der Waals surface area (Å²) in [4.78, 5) is 14.0. The van der Waals surface area contributed by atoms with E-state index in [1.54, 1.807) is 0 Å². The Bertz CT molecular complexity index is 473. The van der Waals surface area contributed by atoms with E-state index in [0.29, 0.717) is 37.3 Å². The minimum atomic E-state index is -1.07. The summed E-state index contributed by atoms with van der Waals surface area (Å²) in [5.41, 5.74) is -0.531. The minimum Gasteiger partial charge on any atom is -0.507 e. The van der Waals surface area contributed by atoms with Crippen LogP contribution in [0.2, 0.25) is 0 Å². The monoisotopic (exact) mass is 300 g/mol. The molecule has 0 aliphatic heterocycles. The second-order valence-corrected chi connectivity index (χ2v) is 5.46. The van der Waals surface area contributed by atoms with Crippen molar-refractivity contribution in [2.75, 3.05) is 13.1 Å². The second-order valence-electron chi connectivity index (χ2n) is 5.46. The molecule has 0 aromatic heterocycles. The van der Waals surface area contributed by atoms with Crippen LogP contribution < -0.4 is 5.32 Å². The number of nitrogens with one attached hydrogen (secondary N) is 1. The van der Waals surface area contributed by atoms with Crippen molar-refractivity contribution in [2.45, 2.75) is 39.8 Å². The fourth-order valence-electron chi connectivity index (χ4n) is 2.28. The standard InChI is InChI=1S/C15H22F2N2O2/c1-9(2)19(10(3)4)6-5-18-15(21)14-12(17)7-11(16)8-13(14)20/h7-10,20H,5-6H2,1-4H3,(H,18,21). The summed E-state index contributed by atoms with van der Waals surface area (Å²) in [6.07, 6.45) is 0. The molecular formula is C15H22F2N2O2. The number of amides is 1. The van der Waals surface area contributed by atoms with Crippen molar-refractivity contribution in [3.05, 3.63) is 29.3 Å². The van der Waals surface area contributed by atoms with Gasteiger partial charge in [0, 0.05) is 37.3 Å². The van der Waals surface area contributed by atoms with Crippen molar-refractivity contribution < 1.29 is 18.7 Å². The Morgan fingerprint density at radius 2 is 1.81 bits per heavy atom. The average Bonchev–Trinajstić information content (AvgIpc) is 2.32. The van der Waals surface area contributed by atoms with E-state index >= 15 is 0 Å². The molecule has 0 atom stereocenters. The molecule has 118 valence electrons. The number of carbonyl (C=O) groups is 1. The van der Waals surface area contributed by atoms with Gasteiger partial charge in [-0.25, -0.2) is 8.78 Å². The number of rotatable bonds is 6. The Morgan fingerprint density at radius 1 is 1.24 bits per heavy atom. The summed E-state index contributed by atoms with van der Waals surface area (Å²) in [6, 6.07) is 1.92. The molecule has 0 saturated heterocycles. The van der Waals surface area contributed by atoms with Crippen LogP contribution in [0.3, 0.4) is 0 Å². The predicted molar refractivity (Wildman–Crippen MR) is 77.3 cm³/mol. The number of benzene rings is 1. The molecule has 0 aliphatic carbocycles. The molecule has 2 N–H and O–H groups in total. The molecule has 6 heteroatoms. The van der Waals surface area contributed by atoms with Crippen LogP contribution in [0.5, 0.6) is 5.75 Å². The fourth-order valence-corrected chi connectivity index (χ4v) is 2.28. The van der Waals surface area contributed by atoms with Crippen molar-refractivity contribution in [2.24, 2.45) is 0 Å². The van der Waals surface area contributed by atoms with Crippen LogP contribution in [0.4, 0.5) is 8.78 Å². The lowest BCUT2D eigenvalue weighted by Crippen LogP contribution is -2.42. The third-order valence-electron chi connectivity index (χ3n) is 3.24. The van der Waals surface area contributed by atoms with Gasteiger partial charge in [0.15, 0.2) is 0 Å². The predicted octanol–water partition coefficient (Wildman–Crippen LogP) is 2.52. The maximum atomic E-state index is 13.5. The van der Waals surface area contributed by atoms with E-state index in [-0.39, 0.29) is 0 Å². The van der Waals surface area contributed by atoms with Gasteiger partial charge in [0.2, 0.25) is 0 Å². The molecule has 1 rings (SSSR count). The summed E-state index contributed by atoms with van der Waals surface area (Å²) < 4.78 is 26.4. The van der Waals surface area contributed by atoms with Crippen molar-refractivity contribution in [1.29, 1.82) is 0 Å². The first kappa shape index (κ1) is 17.4. The fraction of sp³-hybridized carbons (Fsp3) is 0.533. The van der Waals surface area contributed by atoms with Gasteiger partial charge in [0.05, 0.1) is 0 Å². The van der Waals surface area contributed by atoms with E-state index in [0.717, 1.165) is 0 Å². The summed E-state index contributed by atoms with van der Waals surface area (Å²) >= 11 is 0. The summed E-state index contributed by atoms with van der Waals surface area (Å²) in [5.74, 6) is -3.45. The number of aromatic hydroxyl groups is 1. The van der Waals surface area contributed by atoms with E-state index < -0.39 is 28.9 Å². The zero-order chi connectivity index (χ0) is 16.2. The quantitative estimate of drug-likeness (QED) is 0.849. The number of carbonyl (C=O) groups excluding carboxylic acids is 1. The minimum absolute atomic E-state index is 0.311. The lowest BCUT2D eigenvalue weighted by atomic mass is 10.1. The highest BCUT2D eigenvalue weighted by atomic mass is 19.1. The lowest BCUT2D eigenvalue weighted by Gasteiger charge is -2.30. The van der Waals surface area contributed by atoms with E-state index in [9.17, 15) is 18.7 Å². The molecule has 0 heterocycles. The van der Waals surface area contributed by atoms with E-state index in [1.807, 2.05) is 27.7 Å². The summed E-state index contributed by atoms with van der Waals surface area (Å²) in [5, 5.41) is 12.0. The van der Waals surface area contributed by atoms with Crippen LogP contribution in [0.1, 0.15) is 38.1 Å². The average molecular weight is 300 g/mol. The Morgan fingerprint density at radius 3 is 2.29 bits per heavy atom. The number of hydrogen-bond acceptors (Lipinski definition) is 3. The van der Waals surface area contributed by atoms with Gasteiger partial charge in [-0.1, -0.05) is 0 Å². The SMILES string of the molecule is CC(C)N(CCNC(=O)c1c(O)cc(F)cc1F)C(C)C. The van der Waals surface area contributed by atoms with Gasteiger partial charge in [-0.3, -0.25) is 9.69 Å². The molecule has 21 heavy (non-hydrogen) atoms. The maximum absolute atomic E-state index is 13.5. The molecule has 1 amide bonds. The topological polar surface area (TPSA) is 52.6 Å². The van der Waals surface area contributed by atoms with E-state index in [1.165, 1.54) is 0 Å². The maximum Gasteiger partial charge on any atom is 0.258 e. The normalized spacial score (nSPS) is 11.5. The van der Waals surface area contributed by atoms with Crippen LogP contribution in [0.15, 0.2) is 12.1 Å². The molecule has 0 spiro atoms. The molecule has 0 unspecified atom stereocenters. The number of phenolic OH excluding ortho intramolecular Hbond substituents is 1. The molecular weight excluding hydrogens is 278 g/mol. The number of phenols is 1. The molecule has 1 aromatic rings. The van der Waals surface area contributed by atoms with Crippen LogP contribution in [-0.2, 0) is 0 Å². The molecule has 0 bridgehead atoms. The van der Waals surface area contributed by atoms with Gasteiger partial charge in [-0.05, 0) is 27.7 Å². The summed E-state index contributed by atoms with van der Waals surface area (Å²) in [7, 11) is 0. The van der Waals surface area contributed by atoms with Gasteiger partial charge in [0.1, 0.15) is 22.9 Å². The molecule has 0 fully saturated rings. The van der Waals surface area contributed by atoms with Crippen molar-refractivity contribution >= 4 is 5.91 Å². The highest BCUT2D eigenvalue weighted by Crippen LogP contribution is 2.21. The van der Waals surface area contributed by atoms with E-state index in [4.69, 9.17) is 0 Å². The number of nitrogens with zero attached hydrogens (tertiary/aromatic N) is 1. The zero-order valence-electron chi connectivity index (χ0n) is 12.8. The molecule has 0 aliphatic rings. The molecule has 1 aromatic carbocycles. The Kier molecular flexibility index (Phi) is 6.08. The van der Waals surface area contributed by atoms with Gasteiger partial charge >= 0.3 is 0 Å². The van der Waals surface area contributed by atoms with E-state index in [2.05, 4.69) is 10.2 Å². The third-order valence-corrected chi connectivity index (χ3v) is 3.24. The van der Waals surface area contributed by atoms with Crippen molar-refractivity contribution in [3.63, 3.8) is 0 Å². The smallest absolute Gasteiger partial charge is 0.258 e. The van der Waals surface area contributed by atoms with Gasteiger partial charge in [-0.15, -0.1) is 0 Å². The van der Waals surface area contributed by atoms with Crippen molar-refractivity contribution in [3.8, 4) is 5.75 Å². The van der Waals surface area contributed by atoms with Crippen LogP contribution in [0, 0.1) is 11.6 Å². The van der Waals surface area contributed by atoms with Crippen molar-refractivity contribution in [1.82, 2.24) is 10.2 Å². The Balaban J connectivity index is 2.67.